The van der Waals surface area contributed by atoms with E-state index in [0.29, 0.717) is 0 Å². The topological polar surface area (TPSA) is 32.3 Å². The van der Waals surface area contributed by atoms with Crippen LogP contribution in [0.5, 0.6) is 0 Å². The monoisotopic (exact) mass is 274 g/mol. The Morgan fingerprint density at radius 3 is 2.45 bits per heavy atom. The molecule has 0 saturated carbocycles. The molecule has 1 aromatic carbocycles. The lowest BCUT2D eigenvalue weighted by molar-refractivity contribution is -0.132. The van der Waals surface area contributed by atoms with Gasteiger partial charge < -0.3 is 4.90 Å². The predicted molar refractivity (Wildman–Crippen MR) is 82.4 cm³/mol. The predicted octanol–water partition coefficient (Wildman–Crippen LogP) is 3.39. The minimum absolute atomic E-state index is 0.0228. The third-order valence-electron chi connectivity index (χ3n) is 4.17. The molecule has 0 aromatic heterocycles. The molecule has 1 heterocycles. The first-order valence-electron chi connectivity index (χ1n) is 7.73. The van der Waals surface area contributed by atoms with E-state index in [4.69, 9.17) is 0 Å². The van der Waals surface area contributed by atoms with Crippen molar-refractivity contribution < 1.29 is 4.79 Å². The van der Waals surface area contributed by atoms with Crippen molar-refractivity contribution in [3.63, 3.8) is 0 Å². The number of rotatable bonds is 5. The number of benzene rings is 1. The summed E-state index contributed by atoms with van der Waals surface area (Å²) in [5.74, 6) is 0.249. The summed E-state index contributed by atoms with van der Waals surface area (Å²) in [6.07, 6.45) is 3.01. The third kappa shape index (κ3) is 2.88. The van der Waals surface area contributed by atoms with Crippen molar-refractivity contribution in [2.45, 2.75) is 65.2 Å². The molecule has 0 spiro atoms. The molecular weight excluding hydrogens is 248 g/mol. The Labute approximate surface area is 122 Å². The number of hydrogen-bond donors (Lipinski definition) is 1. The van der Waals surface area contributed by atoms with Gasteiger partial charge in [0.2, 0.25) is 5.91 Å². The fraction of sp³-hybridized carbons (Fsp3) is 0.588. The van der Waals surface area contributed by atoms with Gasteiger partial charge in [0.1, 0.15) is 6.17 Å². The second-order valence-corrected chi connectivity index (χ2v) is 5.82. The minimum atomic E-state index is -0.0411. The first-order chi connectivity index (χ1) is 9.58. The molecule has 1 aromatic rings. The Balaban J connectivity index is 2.28. The number of carbonyl (C=O) groups is 1. The molecule has 3 nitrogen and oxygen atoms in total. The average molecular weight is 274 g/mol. The zero-order chi connectivity index (χ0) is 14.7. The fourth-order valence-corrected chi connectivity index (χ4v) is 2.98. The molecule has 0 radical (unpaired) electrons. The smallest absolute Gasteiger partial charge is 0.241 e. The Hall–Kier alpha value is -1.35. The lowest BCUT2D eigenvalue weighted by Crippen LogP contribution is -2.38. The van der Waals surface area contributed by atoms with Crippen molar-refractivity contribution in [1.29, 1.82) is 0 Å². The van der Waals surface area contributed by atoms with Crippen LogP contribution in [0.4, 0.5) is 0 Å². The van der Waals surface area contributed by atoms with Crippen LogP contribution in [-0.4, -0.2) is 22.9 Å². The first kappa shape index (κ1) is 15.0. The summed E-state index contributed by atoms with van der Waals surface area (Å²) in [5.41, 5.74) is 2.43. The van der Waals surface area contributed by atoms with Gasteiger partial charge >= 0.3 is 0 Å². The van der Waals surface area contributed by atoms with Gasteiger partial charge in [-0.2, -0.15) is 0 Å². The Morgan fingerprint density at radius 1 is 1.25 bits per heavy atom. The van der Waals surface area contributed by atoms with Crippen molar-refractivity contribution in [3.05, 3.63) is 35.4 Å². The van der Waals surface area contributed by atoms with Crippen molar-refractivity contribution in [2.24, 2.45) is 0 Å². The van der Waals surface area contributed by atoms with Gasteiger partial charge in [-0.05, 0) is 32.3 Å². The van der Waals surface area contributed by atoms with Gasteiger partial charge in [-0.3, -0.25) is 10.1 Å². The van der Waals surface area contributed by atoms with E-state index in [1.54, 1.807) is 0 Å². The van der Waals surface area contributed by atoms with Gasteiger partial charge in [-0.25, -0.2) is 0 Å². The fourth-order valence-electron chi connectivity index (χ4n) is 2.98. The number of nitrogens with zero attached hydrogens (tertiary/aromatic N) is 1. The highest BCUT2D eigenvalue weighted by Gasteiger charge is 2.40. The van der Waals surface area contributed by atoms with Crippen molar-refractivity contribution in [3.8, 4) is 0 Å². The third-order valence-corrected chi connectivity index (χ3v) is 4.17. The molecule has 1 aliphatic heterocycles. The highest BCUT2D eigenvalue weighted by Crippen LogP contribution is 2.30. The molecule has 3 heteroatoms. The number of amides is 1. The van der Waals surface area contributed by atoms with Crippen molar-refractivity contribution >= 4 is 5.91 Å². The van der Waals surface area contributed by atoms with E-state index in [1.165, 1.54) is 11.1 Å². The molecule has 1 amide bonds. The summed E-state index contributed by atoms with van der Waals surface area (Å²) < 4.78 is 0. The van der Waals surface area contributed by atoms with E-state index in [-0.39, 0.29) is 24.2 Å². The minimum Gasteiger partial charge on any atom is -0.319 e. The molecule has 1 N–H and O–H groups in total. The largest absolute Gasteiger partial charge is 0.319 e. The molecule has 20 heavy (non-hydrogen) atoms. The summed E-state index contributed by atoms with van der Waals surface area (Å²) in [7, 11) is 0. The van der Waals surface area contributed by atoms with Crippen LogP contribution in [0.15, 0.2) is 24.3 Å². The van der Waals surface area contributed by atoms with E-state index < -0.39 is 0 Å². The van der Waals surface area contributed by atoms with Crippen LogP contribution in [0.3, 0.4) is 0 Å². The van der Waals surface area contributed by atoms with Crippen LogP contribution in [0.1, 0.15) is 57.3 Å². The number of nitrogens with one attached hydrogen (secondary N) is 1. The second-order valence-electron chi connectivity index (χ2n) is 5.82. The molecule has 1 saturated heterocycles. The van der Waals surface area contributed by atoms with Crippen molar-refractivity contribution in [1.82, 2.24) is 10.2 Å². The average Bonchev–Trinajstić information content (AvgIpc) is 2.77. The summed E-state index contributed by atoms with van der Waals surface area (Å²) >= 11 is 0. The maximum Gasteiger partial charge on any atom is 0.241 e. The molecule has 110 valence electrons. The Bertz CT molecular complexity index is 455. The zero-order valence-corrected chi connectivity index (χ0v) is 13.0. The number of aryl methyl sites for hydroxylation is 1. The van der Waals surface area contributed by atoms with Crippen LogP contribution in [0.2, 0.25) is 0 Å². The lowest BCUT2D eigenvalue weighted by Gasteiger charge is -2.30. The molecule has 1 fully saturated rings. The molecular formula is C17H26N2O. The van der Waals surface area contributed by atoms with Gasteiger partial charge in [0, 0.05) is 6.04 Å². The number of hydrogen-bond acceptors (Lipinski definition) is 2. The van der Waals surface area contributed by atoms with Crippen LogP contribution in [0.25, 0.3) is 0 Å². The summed E-state index contributed by atoms with van der Waals surface area (Å²) in [5, 5.41) is 3.49. The number of carbonyl (C=O) groups excluding carboxylic acids is 1. The highest BCUT2D eigenvalue weighted by molar-refractivity contribution is 5.84. The molecule has 1 aliphatic rings. The standard InChI is InChI=1S/C17H26N2O/c1-5-7-13(4)19-16(18-15(6-2)17(19)20)14-10-8-12(3)9-11-14/h8-11,13,15-16,18H,5-7H2,1-4H3. The summed E-state index contributed by atoms with van der Waals surface area (Å²) in [4.78, 5) is 14.6. The van der Waals surface area contributed by atoms with Crippen LogP contribution < -0.4 is 5.32 Å². The zero-order valence-electron chi connectivity index (χ0n) is 13.0. The summed E-state index contributed by atoms with van der Waals surface area (Å²) in [6, 6.07) is 8.73. The van der Waals surface area contributed by atoms with E-state index in [2.05, 4.69) is 57.3 Å². The molecule has 0 bridgehead atoms. The van der Waals surface area contributed by atoms with Gasteiger partial charge in [-0.15, -0.1) is 0 Å². The second kappa shape index (κ2) is 6.40. The maximum absolute atomic E-state index is 12.6. The van der Waals surface area contributed by atoms with Gasteiger partial charge in [-0.1, -0.05) is 50.1 Å². The Morgan fingerprint density at radius 2 is 1.90 bits per heavy atom. The van der Waals surface area contributed by atoms with E-state index >= 15 is 0 Å². The molecule has 2 rings (SSSR count). The van der Waals surface area contributed by atoms with Gasteiger partial charge in [0.05, 0.1) is 6.04 Å². The lowest BCUT2D eigenvalue weighted by atomic mass is 10.1. The highest BCUT2D eigenvalue weighted by atomic mass is 16.2. The van der Waals surface area contributed by atoms with Crippen LogP contribution in [-0.2, 0) is 4.79 Å². The van der Waals surface area contributed by atoms with Crippen LogP contribution >= 0.6 is 0 Å². The van der Waals surface area contributed by atoms with E-state index in [0.717, 1.165) is 19.3 Å². The maximum atomic E-state index is 12.6. The summed E-state index contributed by atoms with van der Waals surface area (Å²) in [6.45, 7) is 8.48. The quantitative estimate of drug-likeness (QED) is 0.892. The Kier molecular flexibility index (Phi) is 4.81. The van der Waals surface area contributed by atoms with Crippen LogP contribution in [0, 0.1) is 6.92 Å². The van der Waals surface area contributed by atoms with Crippen molar-refractivity contribution in [2.75, 3.05) is 0 Å². The normalized spacial score (nSPS) is 24.2. The van der Waals surface area contributed by atoms with E-state index in [1.807, 2.05) is 4.90 Å². The van der Waals surface area contributed by atoms with E-state index in [9.17, 15) is 4.79 Å². The van der Waals surface area contributed by atoms with Gasteiger partial charge in [0.15, 0.2) is 0 Å². The molecule has 3 atom stereocenters. The molecule has 0 aliphatic carbocycles. The van der Waals surface area contributed by atoms with Gasteiger partial charge in [0.25, 0.3) is 0 Å². The SMILES string of the molecule is CCCC(C)N1C(=O)C(CC)NC1c1ccc(C)cc1. The molecule has 3 unspecified atom stereocenters. The first-order valence-corrected chi connectivity index (χ1v) is 7.73.